The van der Waals surface area contributed by atoms with E-state index in [-0.39, 0.29) is 11.7 Å². The lowest BCUT2D eigenvalue weighted by Crippen LogP contribution is -2.10. The maximum absolute atomic E-state index is 12.4. The van der Waals surface area contributed by atoms with E-state index in [4.69, 9.17) is 0 Å². The largest absolute Gasteiger partial charge is 0.294 e. The molecule has 3 aromatic carbocycles. The summed E-state index contributed by atoms with van der Waals surface area (Å²) in [4.78, 5) is 12.4. The molecule has 3 rings (SSSR count). The van der Waals surface area contributed by atoms with E-state index >= 15 is 0 Å². The molecular formula is C22H20O. The first-order valence-electron chi connectivity index (χ1n) is 7.99. The first-order chi connectivity index (χ1) is 11.3. The summed E-state index contributed by atoms with van der Waals surface area (Å²) >= 11 is 0. The average Bonchev–Trinajstić information content (AvgIpc) is 2.62. The fraction of sp³-hybridized carbons (Fsp3) is 0.136. The average molecular weight is 300 g/mol. The first-order valence-corrected chi connectivity index (χ1v) is 7.99. The van der Waals surface area contributed by atoms with E-state index in [0.717, 1.165) is 12.0 Å². The van der Waals surface area contributed by atoms with Gasteiger partial charge in [-0.05, 0) is 22.8 Å². The molecule has 0 aliphatic heterocycles. The van der Waals surface area contributed by atoms with E-state index < -0.39 is 0 Å². The Kier molecular flexibility index (Phi) is 4.68. The van der Waals surface area contributed by atoms with Gasteiger partial charge in [0.1, 0.15) is 0 Å². The van der Waals surface area contributed by atoms with Crippen LogP contribution in [0.2, 0.25) is 0 Å². The van der Waals surface area contributed by atoms with Crippen molar-refractivity contribution in [1.82, 2.24) is 0 Å². The highest BCUT2D eigenvalue weighted by molar-refractivity contribution is 5.97. The van der Waals surface area contributed by atoms with E-state index in [2.05, 4.69) is 54.6 Å². The molecule has 0 radical (unpaired) electrons. The predicted molar refractivity (Wildman–Crippen MR) is 97.5 cm³/mol. The van der Waals surface area contributed by atoms with Gasteiger partial charge in [-0.3, -0.25) is 4.79 Å². The standard InChI is InChI=1S/C22H20O/c1-17(22(23)20-11-3-2-4-12-20)9-7-13-19-15-8-14-18-10-5-6-16-21(18)19/h2-8,10-17H,9H2,1H3/b13-7+. The minimum Gasteiger partial charge on any atom is -0.294 e. The zero-order chi connectivity index (χ0) is 16.1. The molecule has 1 heteroatoms. The number of allylic oxidation sites excluding steroid dienone is 1. The zero-order valence-electron chi connectivity index (χ0n) is 13.3. The zero-order valence-corrected chi connectivity index (χ0v) is 13.3. The van der Waals surface area contributed by atoms with Gasteiger partial charge in [0.15, 0.2) is 5.78 Å². The van der Waals surface area contributed by atoms with Crippen LogP contribution in [-0.4, -0.2) is 5.78 Å². The Morgan fingerprint density at radius 3 is 2.43 bits per heavy atom. The van der Waals surface area contributed by atoms with Gasteiger partial charge in [0.25, 0.3) is 0 Å². The van der Waals surface area contributed by atoms with Crippen LogP contribution in [-0.2, 0) is 0 Å². The summed E-state index contributed by atoms with van der Waals surface area (Å²) in [7, 11) is 0. The highest BCUT2D eigenvalue weighted by Crippen LogP contribution is 2.20. The molecule has 0 aliphatic rings. The Morgan fingerprint density at radius 1 is 0.913 bits per heavy atom. The topological polar surface area (TPSA) is 17.1 Å². The quantitative estimate of drug-likeness (QED) is 0.547. The molecule has 3 aromatic rings. The third kappa shape index (κ3) is 3.57. The summed E-state index contributed by atoms with van der Waals surface area (Å²) in [6, 6.07) is 24.2. The van der Waals surface area contributed by atoms with Crippen LogP contribution in [0.4, 0.5) is 0 Å². The summed E-state index contributed by atoms with van der Waals surface area (Å²) in [5.74, 6) is 0.191. The van der Waals surface area contributed by atoms with Gasteiger partial charge in [0.2, 0.25) is 0 Å². The van der Waals surface area contributed by atoms with Gasteiger partial charge in [-0.15, -0.1) is 0 Å². The lowest BCUT2D eigenvalue weighted by atomic mass is 9.95. The van der Waals surface area contributed by atoms with E-state index in [9.17, 15) is 4.79 Å². The first kappa shape index (κ1) is 15.2. The number of benzene rings is 3. The molecule has 0 fully saturated rings. The third-order valence-corrected chi connectivity index (χ3v) is 4.12. The summed E-state index contributed by atoms with van der Waals surface area (Å²) in [6.07, 6.45) is 4.97. The normalized spacial score (nSPS) is 12.6. The molecule has 0 heterocycles. The van der Waals surface area contributed by atoms with Crippen molar-refractivity contribution in [2.75, 3.05) is 0 Å². The van der Waals surface area contributed by atoms with Crippen molar-refractivity contribution in [2.24, 2.45) is 5.92 Å². The number of hydrogen-bond donors (Lipinski definition) is 0. The molecule has 0 amide bonds. The molecule has 0 saturated heterocycles. The van der Waals surface area contributed by atoms with E-state index in [0.29, 0.717) is 0 Å². The minimum absolute atomic E-state index is 0.0105. The number of carbonyl (C=O) groups excluding carboxylic acids is 1. The number of carbonyl (C=O) groups is 1. The highest BCUT2D eigenvalue weighted by Gasteiger charge is 2.13. The Bertz CT molecular complexity index is 825. The molecule has 0 aliphatic carbocycles. The lowest BCUT2D eigenvalue weighted by Gasteiger charge is -2.08. The number of fused-ring (bicyclic) bond motifs is 1. The maximum Gasteiger partial charge on any atom is 0.165 e. The summed E-state index contributed by atoms with van der Waals surface area (Å²) in [6.45, 7) is 1.99. The number of hydrogen-bond acceptors (Lipinski definition) is 1. The van der Waals surface area contributed by atoms with Crippen molar-refractivity contribution in [1.29, 1.82) is 0 Å². The molecular weight excluding hydrogens is 280 g/mol. The number of ketones is 1. The molecule has 0 aromatic heterocycles. The van der Waals surface area contributed by atoms with Crippen molar-refractivity contribution in [3.8, 4) is 0 Å². The van der Waals surface area contributed by atoms with Crippen molar-refractivity contribution in [2.45, 2.75) is 13.3 Å². The van der Waals surface area contributed by atoms with Crippen molar-refractivity contribution in [3.05, 3.63) is 90.0 Å². The predicted octanol–water partition coefficient (Wildman–Crippen LogP) is 5.76. The Hall–Kier alpha value is -2.67. The molecule has 1 atom stereocenters. The number of rotatable bonds is 5. The molecule has 1 unspecified atom stereocenters. The van der Waals surface area contributed by atoms with Crippen LogP contribution in [0, 0.1) is 5.92 Å². The second-order valence-electron chi connectivity index (χ2n) is 5.84. The second-order valence-corrected chi connectivity index (χ2v) is 5.84. The highest BCUT2D eigenvalue weighted by atomic mass is 16.1. The molecule has 114 valence electrons. The van der Waals surface area contributed by atoms with Crippen molar-refractivity contribution >= 4 is 22.6 Å². The molecule has 0 spiro atoms. The van der Waals surface area contributed by atoms with Gasteiger partial charge in [0.05, 0.1) is 0 Å². The second kappa shape index (κ2) is 7.06. The van der Waals surface area contributed by atoms with Gasteiger partial charge in [-0.2, -0.15) is 0 Å². The fourth-order valence-electron chi connectivity index (χ4n) is 2.79. The van der Waals surface area contributed by atoms with E-state index in [1.807, 2.05) is 37.3 Å². The summed E-state index contributed by atoms with van der Waals surface area (Å²) in [5.41, 5.74) is 1.99. The Labute approximate surface area is 137 Å². The van der Waals surface area contributed by atoms with Gasteiger partial charge < -0.3 is 0 Å². The lowest BCUT2D eigenvalue weighted by molar-refractivity contribution is 0.0931. The smallest absolute Gasteiger partial charge is 0.165 e. The van der Waals surface area contributed by atoms with Crippen LogP contribution >= 0.6 is 0 Å². The summed E-state index contributed by atoms with van der Waals surface area (Å²) in [5, 5.41) is 2.48. The Morgan fingerprint density at radius 2 is 1.61 bits per heavy atom. The fourth-order valence-corrected chi connectivity index (χ4v) is 2.79. The van der Waals surface area contributed by atoms with Crippen molar-refractivity contribution in [3.63, 3.8) is 0 Å². The maximum atomic E-state index is 12.4. The van der Waals surface area contributed by atoms with Crippen LogP contribution in [0.25, 0.3) is 16.8 Å². The van der Waals surface area contributed by atoms with Crippen LogP contribution in [0.5, 0.6) is 0 Å². The number of Topliss-reactive ketones (excluding diaryl/α,β-unsaturated/α-hetero) is 1. The van der Waals surface area contributed by atoms with Crippen LogP contribution in [0.1, 0.15) is 29.3 Å². The van der Waals surface area contributed by atoms with Gasteiger partial charge in [-0.1, -0.05) is 91.9 Å². The molecule has 0 saturated carbocycles. The van der Waals surface area contributed by atoms with Gasteiger partial charge in [0, 0.05) is 11.5 Å². The minimum atomic E-state index is -0.0105. The van der Waals surface area contributed by atoms with Crippen LogP contribution in [0.3, 0.4) is 0 Å². The molecule has 0 bridgehead atoms. The van der Waals surface area contributed by atoms with Crippen molar-refractivity contribution < 1.29 is 4.79 Å². The SMILES string of the molecule is CC(C/C=C/c1cccc2ccccc12)C(=O)c1ccccc1. The van der Waals surface area contributed by atoms with E-state index in [1.165, 1.54) is 16.3 Å². The molecule has 1 nitrogen and oxygen atoms in total. The Balaban J connectivity index is 1.72. The van der Waals surface area contributed by atoms with Crippen LogP contribution in [0.15, 0.2) is 78.9 Å². The van der Waals surface area contributed by atoms with Crippen LogP contribution < -0.4 is 0 Å². The monoisotopic (exact) mass is 300 g/mol. The third-order valence-electron chi connectivity index (χ3n) is 4.12. The molecule has 0 N–H and O–H groups in total. The molecule has 23 heavy (non-hydrogen) atoms. The van der Waals surface area contributed by atoms with Gasteiger partial charge >= 0.3 is 0 Å². The van der Waals surface area contributed by atoms with E-state index in [1.54, 1.807) is 0 Å². The van der Waals surface area contributed by atoms with Gasteiger partial charge in [-0.25, -0.2) is 0 Å². The summed E-state index contributed by atoms with van der Waals surface area (Å²) < 4.78 is 0.